The van der Waals surface area contributed by atoms with Gasteiger partial charge >= 0.3 is 0 Å². The van der Waals surface area contributed by atoms with E-state index < -0.39 is 5.79 Å². The number of hydrogen-bond donors (Lipinski definition) is 0. The van der Waals surface area contributed by atoms with Gasteiger partial charge in [-0.15, -0.1) is 0 Å². The van der Waals surface area contributed by atoms with Gasteiger partial charge in [-0.25, -0.2) is 0 Å². The van der Waals surface area contributed by atoms with Crippen molar-refractivity contribution in [2.45, 2.75) is 36.0 Å². The van der Waals surface area contributed by atoms with Crippen molar-refractivity contribution in [2.75, 3.05) is 7.11 Å². The van der Waals surface area contributed by atoms with Gasteiger partial charge in [-0.1, -0.05) is 15.9 Å². The fraction of sp³-hybridized carbons (Fsp3) is 0.900. The van der Waals surface area contributed by atoms with Gasteiger partial charge in [-0.3, -0.25) is 4.79 Å². The molecule has 14 heavy (non-hydrogen) atoms. The summed E-state index contributed by atoms with van der Waals surface area (Å²) >= 11 is 3.60. The third-order valence-corrected chi connectivity index (χ3v) is 4.94. The molecule has 3 bridgehead atoms. The lowest BCUT2D eigenvalue weighted by atomic mass is 9.70. The number of fused-ring (bicyclic) bond motifs is 2. The number of alkyl halides is 1. The molecule has 4 heteroatoms. The Morgan fingerprint density at radius 1 is 1.50 bits per heavy atom. The van der Waals surface area contributed by atoms with Gasteiger partial charge in [0.05, 0.1) is 4.83 Å². The molecule has 3 nitrogen and oxygen atoms in total. The quantitative estimate of drug-likeness (QED) is 0.671. The highest BCUT2D eigenvalue weighted by Gasteiger charge is 2.63. The van der Waals surface area contributed by atoms with E-state index in [1.807, 2.05) is 0 Å². The van der Waals surface area contributed by atoms with Crippen LogP contribution in [0.15, 0.2) is 0 Å². The maximum atomic E-state index is 11.8. The second-order valence-corrected chi connectivity index (χ2v) is 5.61. The van der Waals surface area contributed by atoms with Crippen molar-refractivity contribution < 1.29 is 14.3 Å². The Hall–Kier alpha value is 0.0700. The van der Waals surface area contributed by atoms with E-state index in [4.69, 9.17) is 9.47 Å². The first kappa shape index (κ1) is 9.31. The molecular formula is C10H13BrO3. The number of carbonyl (C=O) groups excluding carboxylic acids is 1. The molecule has 3 fully saturated rings. The Morgan fingerprint density at radius 3 is 3.00 bits per heavy atom. The molecule has 2 aliphatic carbocycles. The van der Waals surface area contributed by atoms with E-state index in [1.54, 1.807) is 7.11 Å². The van der Waals surface area contributed by atoms with Gasteiger partial charge in [-0.2, -0.15) is 0 Å². The maximum Gasteiger partial charge on any atom is 0.184 e. The summed E-state index contributed by atoms with van der Waals surface area (Å²) < 4.78 is 11.4. The lowest BCUT2D eigenvalue weighted by molar-refractivity contribution is -0.226. The Balaban J connectivity index is 2.05. The minimum Gasteiger partial charge on any atom is -0.352 e. The minimum absolute atomic E-state index is 0.167. The van der Waals surface area contributed by atoms with Crippen LogP contribution in [-0.2, 0) is 14.3 Å². The van der Waals surface area contributed by atoms with Gasteiger partial charge in [0.25, 0.3) is 0 Å². The monoisotopic (exact) mass is 260 g/mol. The van der Waals surface area contributed by atoms with Gasteiger partial charge in [0, 0.05) is 18.9 Å². The van der Waals surface area contributed by atoms with Crippen molar-refractivity contribution >= 4 is 21.7 Å². The molecule has 3 aliphatic rings. The molecule has 0 aromatic heterocycles. The molecular weight excluding hydrogens is 248 g/mol. The van der Waals surface area contributed by atoms with Crippen LogP contribution in [0.3, 0.4) is 0 Å². The lowest BCUT2D eigenvalue weighted by Crippen LogP contribution is -2.50. The zero-order chi connectivity index (χ0) is 9.92. The van der Waals surface area contributed by atoms with Crippen molar-refractivity contribution in [3.63, 3.8) is 0 Å². The highest BCUT2D eigenvalue weighted by molar-refractivity contribution is 9.09. The predicted molar refractivity (Wildman–Crippen MR) is 53.2 cm³/mol. The highest BCUT2D eigenvalue weighted by Crippen LogP contribution is 2.55. The number of hydrogen-bond acceptors (Lipinski definition) is 3. The largest absolute Gasteiger partial charge is 0.352 e. The molecule has 0 N–H and O–H groups in total. The Kier molecular flexibility index (Phi) is 1.86. The van der Waals surface area contributed by atoms with E-state index in [9.17, 15) is 4.79 Å². The molecule has 78 valence electrons. The van der Waals surface area contributed by atoms with E-state index in [2.05, 4.69) is 15.9 Å². The number of ether oxygens (including phenoxy) is 2. The minimum atomic E-state index is -0.521. The predicted octanol–water partition coefficient (Wildman–Crippen LogP) is 1.49. The molecule has 0 radical (unpaired) electrons. The number of rotatable bonds is 1. The van der Waals surface area contributed by atoms with Crippen LogP contribution in [0.25, 0.3) is 0 Å². The fourth-order valence-electron chi connectivity index (χ4n) is 3.25. The van der Waals surface area contributed by atoms with Gasteiger partial charge in [0.1, 0.15) is 6.10 Å². The fourth-order valence-corrected chi connectivity index (χ4v) is 4.37. The molecule has 2 saturated carbocycles. The number of halogens is 1. The normalized spacial score (nSPS) is 55.4. The van der Waals surface area contributed by atoms with Crippen LogP contribution in [0.4, 0.5) is 0 Å². The van der Waals surface area contributed by atoms with Crippen molar-refractivity contribution in [1.82, 2.24) is 0 Å². The van der Waals surface area contributed by atoms with Crippen LogP contribution in [0.5, 0.6) is 0 Å². The van der Waals surface area contributed by atoms with Crippen molar-refractivity contribution in [1.29, 1.82) is 0 Å². The number of Topliss-reactive ketones (excluding diaryl/α,β-unsaturated/α-hetero) is 1. The summed E-state index contributed by atoms with van der Waals surface area (Å²) in [5, 5.41) is 0. The molecule has 1 heterocycles. The first-order valence-corrected chi connectivity index (χ1v) is 5.99. The average Bonchev–Trinajstić information content (AvgIpc) is 2.48. The van der Waals surface area contributed by atoms with Crippen LogP contribution in [-0.4, -0.2) is 29.6 Å². The van der Waals surface area contributed by atoms with Gasteiger partial charge < -0.3 is 9.47 Å². The van der Waals surface area contributed by atoms with E-state index in [1.165, 1.54) is 0 Å². The summed E-state index contributed by atoms with van der Waals surface area (Å²) in [7, 11) is 1.68. The zero-order valence-corrected chi connectivity index (χ0v) is 9.62. The summed E-state index contributed by atoms with van der Waals surface area (Å²) in [5.41, 5.74) is 0. The van der Waals surface area contributed by atoms with E-state index >= 15 is 0 Å². The Morgan fingerprint density at radius 2 is 2.29 bits per heavy atom. The summed E-state index contributed by atoms with van der Waals surface area (Å²) in [6.45, 7) is 0. The number of methoxy groups -OCH3 is 1. The summed E-state index contributed by atoms with van der Waals surface area (Å²) in [4.78, 5) is 12.0. The van der Waals surface area contributed by atoms with Crippen LogP contribution in [0, 0.1) is 11.8 Å². The first-order valence-electron chi connectivity index (χ1n) is 5.08. The summed E-state index contributed by atoms with van der Waals surface area (Å²) in [6.07, 6.45) is 2.47. The molecule has 5 atom stereocenters. The third kappa shape index (κ3) is 0.921. The van der Waals surface area contributed by atoms with Crippen LogP contribution >= 0.6 is 15.9 Å². The van der Waals surface area contributed by atoms with Crippen molar-refractivity contribution in [3.8, 4) is 0 Å². The zero-order valence-electron chi connectivity index (χ0n) is 8.03. The third-order valence-electron chi connectivity index (χ3n) is 3.93. The average molecular weight is 261 g/mol. The summed E-state index contributed by atoms with van der Waals surface area (Å²) in [6, 6.07) is 0. The number of ketones is 1. The van der Waals surface area contributed by atoms with Gasteiger partial charge in [-0.05, 0) is 19.3 Å². The maximum absolute atomic E-state index is 11.8. The standard InChI is InChI=1S/C10H13BrO3/c1-13-10-6-2-5(3-8(10)11)9(12)7(4-6)14-10/h5-8H,2-4H2,1H3/t5-,6-,7-,8+,10+/m1/s1. The molecule has 1 aliphatic heterocycles. The van der Waals surface area contributed by atoms with Crippen LogP contribution < -0.4 is 0 Å². The molecule has 0 spiro atoms. The van der Waals surface area contributed by atoms with E-state index in [0.717, 1.165) is 19.3 Å². The molecule has 3 rings (SSSR count). The molecule has 0 aromatic rings. The first-order chi connectivity index (χ1) is 6.67. The highest BCUT2D eigenvalue weighted by atomic mass is 79.9. The summed E-state index contributed by atoms with van der Waals surface area (Å²) in [5.74, 6) is 0.377. The smallest absolute Gasteiger partial charge is 0.184 e. The Labute approximate surface area is 91.3 Å². The van der Waals surface area contributed by atoms with Crippen molar-refractivity contribution in [2.24, 2.45) is 11.8 Å². The second-order valence-electron chi connectivity index (χ2n) is 4.50. The van der Waals surface area contributed by atoms with Crippen LogP contribution in [0.1, 0.15) is 19.3 Å². The van der Waals surface area contributed by atoms with Crippen LogP contribution in [0.2, 0.25) is 0 Å². The van der Waals surface area contributed by atoms with Crippen molar-refractivity contribution in [3.05, 3.63) is 0 Å². The van der Waals surface area contributed by atoms with E-state index in [-0.39, 0.29) is 16.8 Å². The number of carbonyl (C=O) groups is 1. The molecule has 1 saturated heterocycles. The Bertz CT molecular complexity index is 291. The topological polar surface area (TPSA) is 35.5 Å². The van der Waals surface area contributed by atoms with E-state index in [0.29, 0.717) is 11.7 Å². The molecule has 0 amide bonds. The van der Waals surface area contributed by atoms with Gasteiger partial charge in [0.15, 0.2) is 11.6 Å². The molecule has 0 aromatic carbocycles. The second kappa shape index (κ2) is 2.80. The van der Waals surface area contributed by atoms with Gasteiger partial charge in [0.2, 0.25) is 0 Å². The lowest BCUT2D eigenvalue weighted by Gasteiger charge is -2.42. The SMILES string of the molecule is CO[C@]12O[C@@H]3C[C@H]1C[C@H](C[C@@H]2Br)C3=O. The molecule has 0 unspecified atom stereocenters.